The lowest BCUT2D eigenvalue weighted by Gasteiger charge is -2.05. The second kappa shape index (κ2) is 4.80. The lowest BCUT2D eigenvalue weighted by molar-refractivity contribution is 0.102. The number of carbonyl (C=O) groups excluding carboxylic acids is 1. The number of aryl methyl sites for hydroxylation is 1. The van der Waals surface area contributed by atoms with Gasteiger partial charge in [0.1, 0.15) is 5.82 Å². The summed E-state index contributed by atoms with van der Waals surface area (Å²) in [5, 5.41) is 2.83. The molecule has 2 aromatic rings. The molecule has 1 heterocycles. The van der Waals surface area contributed by atoms with Gasteiger partial charge >= 0.3 is 0 Å². The average molecular weight is 253 g/mol. The molecule has 0 radical (unpaired) electrons. The number of hydrogen-bond acceptors (Lipinski definition) is 3. The Labute approximate surface area is 111 Å². The van der Waals surface area contributed by atoms with Crippen LogP contribution >= 0.6 is 0 Å². The summed E-state index contributed by atoms with van der Waals surface area (Å²) in [6.07, 6.45) is 5.53. The Bertz CT molecular complexity index is 586. The van der Waals surface area contributed by atoms with Crippen LogP contribution in [0.2, 0.25) is 0 Å². The minimum atomic E-state index is -0.175. The SMILES string of the molecule is Cc1ccc(NC(=O)c2cnc(C3CC3)nc2)cc1. The van der Waals surface area contributed by atoms with Crippen molar-refractivity contribution in [3.63, 3.8) is 0 Å². The monoisotopic (exact) mass is 253 g/mol. The number of nitrogens with one attached hydrogen (secondary N) is 1. The van der Waals surface area contributed by atoms with E-state index >= 15 is 0 Å². The molecular weight excluding hydrogens is 238 g/mol. The van der Waals surface area contributed by atoms with Crippen molar-refractivity contribution < 1.29 is 4.79 Å². The molecule has 19 heavy (non-hydrogen) atoms. The smallest absolute Gasteiger partial charge is 0.258 e. The van der Waals surface area contributed by atoms with Crippen LogP contribution in [0.5, 0.6) is 0 Å². The largest absolute Gasteiger partial charge is 0.322 e. The number of anilines is 1. The first kappa shape index (κ1) is 11.8. The molecule has 0 aliphatic heterocycles. The Balaban J connectivity index is 1.70. The van der Waals surface area contributed by atoms with Gasteiger partial charge in [-0.2, -0.15) is 0 Å². The number of rotatable bonds is 3. The van der Waals surface area contributed by atoms with Gasteiger partial charge in [0.05, 0.1) is 5.56 Å². The van der Waals surface area contributed by atoms with Gasteiger partial charge in [-0.25, -0.2) is 9.97 Å². The molecule has 1 saturated carbocycles. The van der Waals surface area contributed by atoms with Gasteiger partial charge in [-0.15, -0.1) is 0 Å². The molecule has 0 saturated heterocycles. The first-order chi connectivity index (χ1) is 9.22. The number of nitrogens with zero attached hydrogens (tertiary/aromatic N) is 2. The van der Waals surface area contributed by atoms with Crippen LogP contribution in [0, 0.1) is 6.92 Å². The maximum absolute atomic E-state index is 12.0. The van der Waals surface area contributed by atoms with Crippen molar-refractivity contribution in [2.45, 2.75) is 25.7 Å². The number of hydrogen-bond donors (Lipinski definition) is 1. The molecule has 1 N–H and O–H groups in total. The standard InChI is InChI=1S/C15H15N3O/c1-10-2-6-13(7-3-10)18-15(19)12-8-16-14(17-9-12)11-4-5-11/h2-3,6-9,11H,4-5H2,1H3,(H,18,19). The Hall–Kier alpha value is -2.23. The Morgan fingerprint density at radius 3 is 2.37 bits per heavy atom. The summed E-state index contributed by atoms with van der Waals surface area (Å²) in [6, 6.07) is 7.68. The van der Waals surface area contributed by atoms with Crippen molar-refractivity contribution in [1.29, 1.82) is 0 Å². The highest BCUT2D eigenvalue weighted by Gasteiger charge is 2.26. The highest BCUT2D eigenvalue weighted by molar-refractivity contribution is 6.03. The number of amides is 1. The molecule has 1 fully saturated rings. The van der Waals surface area contributed by atoms with Crippen molar-refractivity contribution in [2.24, 2.45) is 0 Å². The topological polar surface area (TPSA) is 54.9 Å². The van der Waals surface area contributed by atoms with Gasteiger partial charge in [-0.05, 0) is 31.9 Å². The van der Waals surface area contributed by atoms with Gasteiger partial charge in [-0.1, -0.05) is 17.7 Å². The molecule has 0 bridgehead atoms. The van der Waals surface area contributed by atoms with Crippen molar-refractivity contribution in [3.8, 4) is 0 Å². The zero-order valence-electron chi connectivity index (χ0n) is 10.8. The van der Waals surface area contributed by atoms with E-state index in [1.807, 2.05) is 31.2 Å². The van der Waals surface area contributed by atoms with Crippen molar-refractivity contribution >= 4 is 11.6 Å². The number of aromatic nitrogens is 2. The molecule has 4 heteroatoms. The van der Waals surface area contributed by atoms with Gasteiger partial charge in [0, 0.05) is 24.0 Å². The predicted molar refractivity (Wildman–Crippen MR) is 73.1 cm³/mol. The fourth-order valence-electron chi connectivity index (χ4n) is 1.85. The van der Waals surface area contributed by atoms with Crippen LogP contribution in [0.3, 0.4) is 0 Å². The van der Waals surface area contributed by atoms with Gasteiger partial charge < -0.3 is 5.32 Å². The Morgan fingerprint density at radius 1 is 1.16 bits per heavy atom. The molecule has 1 amide bonds. The van der Waals surface area contributed by atoms with E-state index in [1.54, 1.807) is 12.4 Å². The van der Waals surface area contributed by atoms with E-state index in [2.05, 4.69) is 15.3 Å². The predicted octanol–water partition coefficient (Wildman–Crippen LogP) is 2.91. The summed E-state index contributed by atoms with van der Waals surface area (Å²) in [7, 11) is 0. The quantitative estimate of drug-likeness (QED) is 0.915. The van der Waals surface area contributed by atoms with E-state index < -0.39 is 0 Å². The summed E-state index contributed by atoms with van der Waals surface area (Å²) in [4.78, 5) is 20.5. The second-order valence-corrected chi connectivity index (χ2v) is 4.92. The summed E-state index contributed by atoms with van der Waals surface area (Å²) < 4.78 is 0. The van der Waals surface area contributed by atoms with Crippen LogP contribution in [0.4, 0.5) is 5.69 Å². The maximum atomic E-state index is 12.0. The van der Waals surface area contributed by atoms with E-state index in [0.29, 0.717) is 11.5 Å². The summed E-state index contributed by atoms with van der Waals surface area (Å²) >= 11 is 0. The second-order valence-electron chi connectivity index (χ2n) is 4.92. The fourth-order valence-corrected chi connectivity index (χ4v) is 1.85. The number of carbonyl (C=O) groups is 1. The van der Waals surface area contributed by atoms with Crippen LogP contribution < -0.4 is 5.32 Å². The fraction of sp³-hybridized carbons (Fsp3) is 0.267. The summed E-state index contributed by atoms with van der Waals surface area (Å²) in [5.74, 6) is 1.19. The first-order valence-corrected chi connectivity index (χ1v) is 6.42. The van der Waals surface area contributed by atoms with Crippen molar-refractivity contribution in [1.82, 2.24) is 9.97 Å². The van der Waals surface area contributed by atoms with Gasteiger partial charge in [0.15, 0.2) is 0 Å². The molecule has 96 valence electrons. The zero-order valence-corrected chi connectivity index (χ0v) is 10.8. The normalized spacial score (nSPS) is 14.2. The van der Waals surface area contributed by atoms with E-state index in [-0.39, 0.29) is 5.91 Å². The van der Waals surface area contributed by atoms with E-state index in [0.717, 1.165) is 29.9 Å². The highest BCUT2D eigenvalue weighted by Crippen LogP contribution is 2.37. The summed E-state index contributed by atoms with van der Waals surface area (Å²) in [5.41, 5.74) is 2.43. The molecule has 0 spiro atoms. The molecule has 0 atom stereocenters. The molecule has 1 aromatic heterocycles. The maximum Gasteiger partial charge on any atom is 0.258 e. The van der Waals surface area contributed by atoms with Crippen LogP contribution in [-0.4, -0.2) is 15.9 Å². The van der Waals surface area contributed by atoms with Gasteiger partial charge in [0.25, 0.3) is 5.91 Å². The van der Waals surface area contributed by atoms with Crippen molar-refractivity contribution in [2.75, 3.05) is 5.32 Å². The molecule has 1 aliphatic carbocycles. The molecule has 4 nitrogen and oxygen atoms in total. The lowest BCUT2D eigenvalue weighted by atomic mass is 10.2. The molecule has 1 aromatic carbocycles. The van der Waals surface area contributed by atoms with Gasteiger partial charge in [-0.3, -0.25) is 4.79 Å². The van der Waals surface area contributed by atoms with Crippen LogP contribution in [0.25, 0.3) is 0 Å². The first-order valence-electron chi connectivity index (χ1n) is 6.42. The molecular formula is C15H15N3O. The van der Waals surface area contributed by atoms with Gasteiger partial charge in [0.2, 0.25) is 0 Å². The van der Waals surface area contributed by atoms with Crippen LogP contribution in [0.1, 0.15) is 40.5 Å². The third-order valence-corrected chi connectivity index (χ3v) is 3.19. The minimum absolute atomic E-state index is 0.175. The summed E-state index contributed by atoms with van der Waals surface area (Å²) in [6.45, 7) is 2.01. The minimum Gasteiger partial charge on any atom is -0.322 e. The lowest BCUT2D eigenvalue weighted by Crippen LogP contribution is -2.13. The molecule has 1 aliphatic rings. The van der Waals surface area contributed by atoms with Crippen LogP contribution in [-0.2, 0) is 0 Å². The van der Waals surface area contributed by atoms with E-state index in [1.165, 1.54) is 0 Å². The average Bonchev–Trinajstić information content (AvgIpc) is 3.26. The highest BCUT2D eigenvalue weighted by atomic mass is 16.1. The Morgan fingerprint density at radius 2 is 1.79 bits per heavy atom. The molecule has 0 unspecified atom stereocenters. The van der Waals surface area contributed by atoms with Crippen molar-refractivity contribution in [3.05, 3.63) is 53.6 Å². The third-order valence-electron chi connectivity index (χ3n) is 3.19. The van der Waals surface area contributed by atoms with E-state index in [9.17, 15) is 4.79 Å². The third kappa shape index (κ3) is 2.78. The number of benzene rings is 1. The van der Waals surface area contributed by atoms with Crippen LogP contribution in [0.15, 0.2) is 36.7 Å². The zero-order chi connectivity index (χ0) is 13.2. The Kier molecular flexibility index (Phi) is 2.99. The molecule has 3 rings (SSSR count). The van der Waals surface area contributed by atoms with E-state index in [4.69, 9.17) is 0 Å².